The SMILES string of the molecule is CC(C)(C)c1ccc(C=CCS(=O)(=O)NC(CNS(=O)(=O)CC=Cc2ccc(Cl)cc2)C(=O)NO)cc1. The van der Waals surface area contributed by atoms with Crippen molar-refractivity contribution in [1.82, 2.24) is 14.9 Å². The van der Waals surface area contributed by atoms with Crippen LogP contribution in [0.4, 0.5) is 0 Å². The van der Waals surface area contributed by atoms with Crippen molar-refractivity contribution in [3.63, 3.8) is 0 Å². The second-order valence-electron chi connectivity index (χ2n) is 9.29. The molecule has 0 aromatic heterocycles. The fraction of sp³-hybridized carbons (Fsp3) is 0.320. The van der Waals surface area contributed by atoms with E-state index in [4.69, 9.17) is 16.8 Å². The van der Waals surface area contributed by atoms with E-state index in [1.54, 1.807) is 36.4 Å². The van der Waals surface area contributed by atoms with Crippen molar-refractivity contribution >= 4 is 49.7 Å². The fourth-order valence-electron chi connectivity index (χ4n) is 3.09. The number of nitrogens with one attached hydrogen (secondary N) is 3. The molecular weight excluding hydrogens is 538 g/mol. The normalized spacial score (nSPS) is 13.8. The molecule has 0 spiro atoms. The lowest BCUT2D eigenvalue weighted by atomic mass is 9.87. The van der Waals surface area contributed by atoms with E-state index in [1.807, 2.05) is 24.3 Å². The zero-order valence-corrected chi connectivity index (χ0v) is 23.2. The highest BCUT2D eigenvalue weighted by Gasteiger charge is 2.25. The molecule has 0 heterocycles. The van der Waals surface area contributed by atoms with Crippen molar-refractivity contribution in [3.8, 4) is 0 Å². The fourth-order valence-corrected chi connectivity index (χ4v) is 5.17. The van der Waals surface area contributed by atoms with E-state index < -0.39 is 50.0 Å². The van der Waals surface area contributed by atoms with Crippen LogP contribution in [0.1, 0.15) is 37.5 Å². The molecule has 0 aliphatic rings. The number of hydroxylamine groups is 1. The van der Waals surface area contributed by atoms with E-state index in [0.29, 0.717) is 5.02 Å². The zero-order chi connectivity index (χ0) is 27.7. The van der Waals surface area contributed by atoms with Crippen molar-refractivity contribution in [2.75, 3.05) is 18.1 Å². The van der Waals surface area contributed by atoms with E-state index in [0.717, 1.165) is 16.7 Å². The summed E-state index contributed by atoms with van der Waals surface area (Å²) >= 11 is 5.81. The molecule has 12 heteroatoms. The molecular formula is C25H32ClN3O6S2. The lowest BCUT2D eigenvalue weighted by molar-refractivity contribution is -0.130. The Hall–Kier alpha value is -2.54. The Kier molecular flexibility index (Phi) is 11.0. The molecule has 0 saturated heterocycles. The number of halogens is 1. The van der Waals surface area contributed by atoms with Gasteiger partial charge in [-0.05, 0) is 34.2 Å². The predicted molar refractivity (Wildman–Crippen MR) is 147 cm³/mol. The molecule has 4 N–H and O–H groups in total. The standard InChI is InChI=1S/C25H32ClN3O6S2/c1-25(2,3)21-12-8-19(9-13-21)7-5-17-37(34,35)29-23(24(30)28-31)18-27-36(32,33)16-4-6-20-10-14-22(26)15-11-20/h4-15,23,27,29,31H,16-18H2,1-3H3,(H,28,30). The summed E-state index contributed by atoms with van der Waals surface area (Å²) in [6.07, 6.45) is 6.02. The van der Waals surface area contributed by atoms with Gasteiger partial charge in [0.05, 0.1) is 11.5 Å². The largest absolute Gasteiger partial charge is 0.289 e. The van der Waals surface area contributed by atoms with Crippen LogP contribution in [0.2, 0.25) is 5.02 Å². The van der Waals surface area contributed by atoms with Crippen LogP contribution >= 0.6 is 11.6 Å². The first-order valence-electron chi connectivity index (χ1n) is 11.3. The van der Waals surface area contributed by atoms with Crippen LogP contribution < -0.4 is 14.9 Å². The van der Waals surface area contributed by atoms with Crippen LogP contribution in [-0.2, 0) is 30.3 Å². The minimum atomic E-state index is -4.03. The number of sulfonamides is 2. The first-order chi connectivity index (χ1) is 17.2. The molecule has 0 radical (unpaired) electrons. The van der Waals surface area contributed by atoms with Gasteiger partial charge in [-0.1, -0.05) is 93.1 Å². The Morgan fingerprint density at radius 1 is 0.892 bits per heavy atom. The van der Waals surface area contributed by atoms with Crippen molar-refractivity contribution in [2.24, 2.45) is 0 Å². The number of amides is 1. The number of hydrogen-bond acceptors (Lipinski definition) is 6. The first kappa shape index (κ1) is 30.7. The van der Waals surface area contributed by atoms with Crippen molar-refractivity contribution in [3.05, 3.63) is 82.4 Å². The molecule has 2 aromatic rings. The minimum absolute atomic E-state index is 0.00764. The molecule has 9 nitrogen and oxygen atoms in total. The highest BCUT2D eigenvalue weighted by Crippen LogP contribution is 2.22. The number of hydrogen-bond donors (Lipinski definition) is 4. The topological polar surface area (TPSA) is 142 Å². The van der Waals surface area contributed by atoms with Crippen LogP contribution in [0.25, 0.3) is 12.2 Å². The number of rotatable bonds is 12. The summed E-state index contributed by atoms with van der Waals surface area (Å²) in [5, 5.41) is 9.53. The van der Waals surface area contributed by atoms with E-state index in [-0.39, 0.29) is 5.41 Å². The van der Waals surface area contributed by atoms with Crippen LogP contribution in [0.5, 0.6) is 0 Å². The maximum absolute atomic E-state index is 12.5. The van der Waals surface area contributed by atoms with Gasteiger partial charge in [0.1, 0.15) is 6.04 Å². The van der Waals surface area contributed by atoms with E-state index >= 15 is 0 Å². The second-order valence-corrected chi connectivity index (χ2v) is 13.4. The monoisotopic (exact) mass is 569 g/mol. The third-order valence-electron chi connectivity index (χ3n) is 5.15. The van der Waals surface area contributed by atoms with Crippen LogP contribution in [0, 0.1) is 0 Å². The van der Waals surface area contributed by atoms with E-state index in [1.165, 1.54) is 17.6 Å². The van der Waals surface area contributed by atoms with Crippen molar-refractivity contribution in [1.29, 1.82) is 0 Å². The van der Waals surface area contributed by atoms with Crippen LogP contribution in [-0.4, -0.2) is 52.0 Å². The highest BCUT2D eigenvalue weighted by molar-refractivity contribution is 7.90. The Labute approximate surface area is 223 Å². The quantitative estimate of drug-likeness (QED) is 0.229. The Bertz CT molecular complexity index is 1320. The van der Waals surface area contributed by atoms with Gasteiger partial charge >= 0.3 is 0 Å². The number of benzene rings is 2. The molecule has 1 atom stereocenters. The van der Waals surface area contributed by atoms with Gasteiger partial charge in [0.25, 0.3) is 5.91 Å². The lowest BCUT2D eigenvalue weighted by Crippen LogP contribution is -2.52. The highest BCUT2D eigenvalue weighted by atomic mass is 35.5. The maximum atomic E-state index is 12.5. The van der Waals surface area contributed by atoms with Gasteiger partial charge in [-0.15, -0.1) is 0 Å². The average Bonchev–Trinajstić information content (AvgIpc) is 2.82. The van der Waals surface area contributed by atoms with Gasteiger partial charge in [0.15, 0.2) is 0 Å². The van der Waals surface area contributed by atoms with Crippen molar-refractivity contribution in [2.45, 2.75) is 32.2 Å². The summed E-state index contributed by atoms with van der Waals surface area (Å²) in [5.41, 5.74) is 4.02. The van der Waals surface area contributed by atoms with E-state index in [2.05, 4.69) is 30.2 Å². The maximum Gasteiger partial charge on any atom is 0.262 e. The first-order valence-corrected chi connectivity index (χ1v) is 15.0. The zero-order valence-electron chi connectivity index (χ0n) is 20.8. The molecule has 1 unspecified atom stereocenters. The van der Waals surface area contributed by atoms with Gasteiger partial charge in [-0.25, -0.2) is 31.8 Å². The number of carbonyl (C=O) groups is 1. The predicted octanol–water partition coefficient (Wildman–Crippen LogP) is 3.08. The molecule has 2 rings (SSSR count). The molecule has 37 heavy (non-hydrogen) atoms. The number of carbonyl (C=O) groups excluding carboxylic acids is 1. The third kappa shape index (κ3) is 11.2. The van der Waals surface area contributed by atoms with Gasteiger partial charge in [0.2, 0.25) is 20.0 Å². The summed E-state index contributed by atoms with van der Waals surface area (Å²) in [6.45, 7) is 5.68. The molecule has 0 saturated carbocycles. The van der Waals surface area contributed by atoms with Gasteiger partial charge in [-0.2, -0.15) is 0 Å². The lowest BCUT2D eigenvalue weighted by Gasteiger charge is -2.18. The summed E-state index contributed by atoms with van der Waals surface area (Å²) in [6, 6.07) is 12.9. The summed E-state index contributed by atoms with van der Waals surface area (Å²) in [7, 11) is -7.92. The molecule has 0 bridgehead atoms. The van der Waals surface area contributed by atoms with Crippen LogP contribution in [0.3, 0.4) is 0 Å². The van der Waals surface area contributed by atoms with E-state index in [9.17, 15) is 21.6 Å². The van der Waals surface area contributed by atoms with Gasteiger partial charge in [0, 0.05) is 11.6 Å². The minimum Gasteiger partial charge on any atom is -0.289 e. The molecule has 0 aliphatic heterocycles. The summed E-state index contributed by atoms with van der Waals surface area (Å²) in [5.74, 6) is -1.98. The smallest absolute Gasteiger partial charge is 0.262 e. The van der Waals surface area contributed by atoms with Crippen molar-refractivity contribution < 1.29 is 26.8 Å². The molecule has 0 fully saturated rings. The van der Waals surface area contributed by atoms with Crippen LogP contribution in [0.15, 0.2) is 60.7 Å². The Morgan fingerprint density at radius 2 is 1.38 bits per heavy atom. The van der Waals surface area contributed by atoms with Gasteiger partial charge < -0.3 is 0 Å². The Morgan fingerprint density at radius 3 is 1.86 bits per heavy atom. The molecule has 2 aromatic carbocycles. The summed E-state index contributed by atoms with van der Waals surface area (Å²) < 4.78 is 53.9. The molecule has 1 amide bonds. The molecule has 0 aliphatic carbocycles. The van der Waals surface area contributed by atoms with Gasteiger partial charge in [-0.3, -0.25) is 10.0 Å². The molecule has 202 valence electrons. The third-order valence-corrected chi connectivity index (χ3v) is 7.92. The second kappa shape index (κ2) is 13.3. The Balaban J connectivity index is 1.96. The average molecular weight is 570 g/mol. The summed E-state index contributed by atoms with van der Waals surface area (Å²) in [4.78, 5) is 12.0.